The second-order valence-electron chi connectivity index (χ2n) is 5.27. The van der Waals surface area contributed by atoms with Crippen molar-refractivity contribution in [1.82, 2.24) is 4.98 Å². The van der Waals surface area contributed by atoms with Crippen LogP contribution in [0.2, 0.25) is 0 Å². The molecule has 1 aliphatic carbocycles. The van der Waals surface area contributed by atoms with Gasteiger partial charge in [-0.1, -0.05) is 0 Å². The van der Waals surface area contributed by atoms with Crippen LogP contribution in [0.3, 0.4) is 0 Å². The normalized spacial score (nSPS) is 16.0. The van der Waals surface area contributed by atoms with Crippen molar-refractivity contribution in [3.63, 3.8) is 0 Å². The Labute approximate surface area is 120 Å². The molecule has 0 spiro atoms. The first-order valence-electron chi connectivity index (χ1n) is 6.82. The smallest absolute Gasteiger partial charge is 0.224 e. The zero-order valence-corrected chi connectivity index (χ0v) is 11.6. The van der Waals surface area contributed by atoms with Crippen LogP contribution in [0, 0.1) is 0 Å². The van der Waals surface area contributed by atoms with E-state index in [1.165, 1.54) is 0 Å². The Bertz CT molecular complexity index is 872. The van der Waals surface area contributed by atoms with Crippen LogP contribution in [0.5, 0.6) is 0 Å². The summed E-state index contributed by atoms with van der Waals surface area (Å²) in [5.41, 5.74) is 3.33. The zero-order chi connectivity index (χ0) is 14.4. The van der Waals surface area contributed by atoms with E-state index in [4.69, 9.17) is 4.42 Å². The molecule has 0 atom stereocenters. The van der Waals surface area contributed by atoms with Crippen molar-refractivity contribution in [2.75, 3.05) is 0 Å². The second-order valence-corrected chi connectivity index (χ2v) is 5.27. The quantitative estimate of drug-likeness (QED) is 0.729. The van der Waals surface area contributed by atoms with E-state index in [1.54, 1.807) is 12.5 Å². The molecule has 3 heterocycles. The fourth-order valence-corrected chi connectivity index (χ4v) is 2.81. The fourth-order valence-electron chi connectivity index (χ4n) is 2.81. The Kier molecular flexibility index (Phi) is 2.54. The third kappa shape index (κ3) is 1.81. The van der Waals surface area contributed by atoms with Crippen LogP contribution < -0.4 is 4.57 Å². The van der Waals surface area contributed by atoms with Gasteiger partial charge in [-0.2, -0.15) is 0 Å². The van der Waals surface area contributed by atoms with Crippen LogP contribution in [-0.4, -0.2) is 16.5 Å². The van der Waals surface area contributed by atoms with Gasteiger partial charge < -0.3 is 9.40 Å². The Balaban J connectivity index is 1.79. The van der Waals surface area contributed by atoms with E-state index in [0.29, 0.717) is 24.4 Å². The molecule has 0 saturated carbocycles. The topological polar surface area (TPSA) is 62.2 Å². The standard InChI is InChI=1S/C16H13N3O2/c1-19-4-2-11-8-18-15-14(11)13(19)6-12(16(15)20)17-7-10-3-5-21-9-10/h2-5,8-9H,6-7H2,1H3/p+1. The van der Waals surface area contributed by atoms with E-state index in [-0.39, 0.29) is 5.78 Å². The highest BCUT2D eigenvalue weighted by Gasteiger charge is 2.31. The summed E-state index contributed by atoms with van der Waals surface area (Å²) in [5, 5.41) is 2.09. The SMILES string of the molecule is C[n+]1ccc2c[nH]c3c2c1CC(=NCc1ccoc1)C3=O. The van der Waals surface area contributed by atoms with Gasteiger partial charge in [-0.05, 0) is 6.07 Å². The number of aryl methyl sites for hydroxylation is 1. The predicted molar refractivity (Wildman–Crippen MR) is 77.4 cm³/mol. The Morgan fingerprint density at radius 3 is 3.14 bits per heavy atom. The number of Topliss-reactive ketones (excluding diaryl/α,β-unsaturated/α-hetero) is 1. The number of hydrogen-bond acceptors (Lipinski definition) is 3. The van der Waals surface area contributed by atoms with Crippen LogP contribution in [0.15, 0.2) is 46.5 Å². The Morgan fingerprint density at radius 1 is 1.43 bits per heavy atom. The van der Waals surface area contributed by atoms with Gasteiger partial charge in [0.25, 0.3) is 0 Å². The van der Waals surface area contributed by atoms with E-state index < -0.39 is 0 Å². The van der Waals surface area contributed by atoms with Crippen LogP contribution in [-0.2, 0) is 20.0 Å². The second kappa shape index (κ2) is 4.41. The number of aliphatic imine (C=N–C) groups is 1. The number of pyridine rings is 1. The van der Waals surface area contributed by atoms with E-state index >= 15 is 0 Å². The summed E-state index contributed by atoms with van der Waals surface area (Å²) < 4.78 is 7.08. The predicted octanol–water partition coefficient (Wildman–Crippen LogP) is 1.97. The maximum Gasteiger partial charge on any atom is 0.224 e. The largest absolute Gasteiger partial charge is 0.472 e. The van der Waals surface area contributed by atoms with E-state index in [1.807, 2.05) is 31.6 Å². The van der Waals surface area contributed by atoms with E-state index in [0.717, 1.165) is 22.0 Å². The van der Waals surface area contributed by atoms with Gasteiger partial charge in [-0.3, -0.25) is 9.79 Å². The van der Waals surface area contributed by atoms with Gasteiger partial charge in [0.1, 0.15) is 12.7 Å². The molecule has 0 aliphatic heterocycles. The summed E-state index contributed by atoms with van der Waals surface area (Å²) >= 11 is 0. The molecule has 0 radical (unpaired) electrons. The number of nitrogens with zero attached hydrogens (tertiary/aromatic N) is 2. The molecule has 5 nitrogen and oxygen atoms in total. The molecule has 0 unspecified atom stereocenters. The lowest BCUT2D eigenvalue weighted by Gasteiger charge is -2.11. The molecule has 0 amide bonds. The summed E-state index contributed by atoms with van der Waals surface area (Å²) in [5.74, 6) is -0.00723. The number of aromatic amines is 1. The first-order chi connectivity index (χ1) is 10.2. The number of rotatable bonds is 2. The number of H-pyrrole nitrogens is 1. The average molecular weight is 280 g/mol. The van der Waals surface area contributed by atoms with Crippen molar-refractivity contribution in [2.45, 2.75) is 13.0 Å². The van der Waals surface area contributed by atoms with Crippen molar-refractivity contribution < 1.29 is 13.8 Å². The maximum atomic E-state index is 12.5. The van der Waals surface area contributed by atoms with Crippen LogP contribution in [0.4, 0.5) is 0 Å². The summed E-state index contributed by atoms with van der Waals surface area (Å²) in [6.07, 6.45) is 7.72. The molecule has 0 saturated heterocycles. The summed E-state index contributed by atoms with van der Waals surface area (Å²) in [6.45, 7) is 0.466. The van der Waals surface area contributed by atoms with Gasteiger partial charge in [-0.15, -0.1) is 0 Å². The number of ketones is 1. The molecule has 0 bridgehead atoms. The molecule has 1 N–H and O–H groups in total. The third-order valence-corrected chi connectivity index (χ3v) is 3.96. The monoisotopic (exact) mass is 280 g/mol. The Hall–Kier alpha value is -2.69. The lowest BCUT2D eigenvalue weighted by atomic mass is 9.95. The van der Waals surface area contributed by atoms with Crippen LogP contribution >= 0.6 is 0 Å². The molecule has 3 aromatic rings. The minimum atomic E-state index is -0.00723. The fraction of sp³-hybridized carbons (Fsp3) is 0.188. The summed E-state index contributed by atoms with van der Waals surface area (Å²) in [4.78, 5) is 20.1. The first-order valence-corrected chi connectivity index (χ1v) is 6.82. The van der Waals surface area contributed by atoms with Crippen molar-refractivity contribution in [2.24, 2.45) is 12.0 Å². The van der Waals surface area contributed by atoms with Gasteiger partial charge in [0.2, 0.25) is 5.78 Å². The summed E-state index contributed by atoms with van der Waals surface area (Å²) in [6, 6.07) is 3.87. The summed E-state index contributed by atoms with van der Waals surface area (Å²) in [7, 11) is 2.00. The maximum absolute atomic E-state index is 12.5. The number of carbonyl (C=O) groups is 1. The lowest BCUT2D eigenvalue weighted by molar-refractivity contribution is -0.677. The number of hydrogen-bond donors (Lipinski definition) is 1. The molecule has 1 aliphatic rings. The highest BCUT2D eigenvalue weighted by Crippen LogP contribution is 2.26. The minimum Gasteiger partial charge on any atom is -0.472 e. The molecule has 0 aromatic carbocycles. The third-order valence-electron chi connectivity index (χ3n) is 3.96. The first kappa shape index (κ1) is 12.1. The van der Waals surface area contributed by atoms with Crippen molar-refractivity contribution in [3.05, 3.63) is 54.0 Å². The average Bonchev–Trinajstić information content (AvgIpc) is 3.14. The molecule has 4 rings (SSSR count). The number of carbonyl (C=O) groups excluding carboxylic acids is 1. The zero-order valence-electron chi connectivity index (χ0n) is 11.6. The van der Waals surface area contributed by atoms with E-state index in [2.05, 4.69) is 14.5 Å². The molecule has 104 valence electrons. The van der Waals surface area contributed by atoms with Gasteiger partial charge in [0.15, 0.2) is 11.9 Å². The molecule has 21 heavy (non-hydrogen) atoms. The molecular weight excluding hydrogens is 266 g/mol. The van der Waals surface area contributed by atoms with Gasteiger partial charge in [0.05, 0.1) is 36.6 Å². The minimum absolute atomic E-state index is 0.00723. The van der Waals surface area contributed by atoms with Crippen molar-refractivity contribution >= 4 is 22.3 Å². The number of aromatic nitrogens is 2. The van der Waals surface area contributed by atoms with Crippen LogP contribution in [0.1, 0.15) is 21.7 Å². The molecule has 0 fully saturated rings. The van der Waals surface area contributed by atoms with Crippen LogP contribution in [0.25, 0.3) is 10.8 Å². The van der Waals surface area contributed by atoms with Gasteiger partial charge >= 0.3 is 0 Å². The number of nitrogens with one attached hydrogen (secondary N) is 1. The highest BCUT2D eigenvalue weighted by molar-refractivity contribution is 6.49. The van der Waals surface area contributed by atoms with Gasteiger partial charge in [0, 0.05) is 23.2 Å². The van der Waals surface area contributed by atoms with E-state index in [9.17, 15) is 4.79 Å². The van der Waals surface area contributed by atoms with Crippen molar-refractivity contribution in [1.29, 1.82) is 0 Å². The molecular formula is C16H14N3O2+. The lowest BCUT2D eigenvalue weighted by Crippen LogP contribution is -2.38. The molecule has 5 heteroatoms. The highest BCUT2D eigenvalue weighted by atomic mass is 16.3. The Morgan fingerprint density at radius 2 is 2.33 bits per heavy atom. The number of furan rings is 1. The molecule has 3 aromatic heterocycles. The van der Waals surface area contributed by atoms with Crippen molar-refractivity contribution in [3.8, 4) is 0 Å². The van der Waals surface area contributed by atoms with Gasteiger partial charge in [-0.25, -0.2) is 4.57 Å².